The van der Waals surface area contributed by atoms with Crippen LogP contribution in [-0.4, -0.2) is 88.2 Å². The number of fused-ring (bicyclic) bond motifs is 1. The van der Waals surface area contributed by atoms with Crippen LogP contribution >= 0.6 is 34.9 Å². The number of anilines is 1. The molecule has 2 aromatic heterocycles. The fraction of sp³-hybridized carbons (Fsp3) is 0.300. The minimum atomic E-state index is -1.23. The smallest absolute Gasteiger partial charge is 0.352 e. The van der Waals surface area contributed by atoms with Gasteiger partial charge in [0.05, 0.1) is 6.54 Å². The molecule has 2 atom stereocenters. The average Bonchev–Trinajstić information content (AvgIpc) is 3.51. The summed E-state index contributed by atoms with van der Waals surface area (Å²) in [7, 11) is 0. The third kappa shape index (κ3) is 5.52. The quantitative estimate of drug-likeness (QED) is 0.0802. The van der Waals surface area contributed by atoms with Crippen LogP contribution in [0.2, 0.25) is 0 Å². The first-order valence-electron chi connectivity index (χ1n) is 10.6. The van der Waals surface area contributed by atoms with E-state index >= 15 is 0 Å². The van der Waals surface area contributed by atoms with Crippen molar-refractivity contribution >= 4 is 63.5 Å². The Bertz CT molecular complexity index is 1300. The van der Waals surface area contributed by atoms with E-state index in [1.165, 1.54) is 44.6 Å². The van der Waals surface area contributed by atoms with Gasteiger partial charge < -0.3 is 21.0 Å². The number of carbonyl (C=O) groups excluding carboxylic acids is 2. The summed E-state index contributed by atoms with van der Waals surface area (Å²) < 4.78 is 1.53. The van der Waals surface area contributed by atoms with Gasteiger partial charge in [0.2, 0.25) is 5.16 Å². The van der Waals surface area contributed by atoms with Crippen LogP contribution in [0.3, 0.4) is 0 Å². The summed E-state index contributed by atoms with van der Waals surface area (Å²) in [5.74, 6) is -1.88. The zero-order chi connectivity index (χ0) is 26.5. The summed E-state index contributed by atoms with van der Waals surface area (Å²) in [5, 5.41) is 29.4. The fourth-order valence-corrected chi connectivity index (χ4v) is 6.37. The zero-order valence-corrected chi connectivity index (χ0v) is 21.6. The molecule has 1 saturated heterocycles. The fourth-order valence-electron chi connectivity index (χ4n) is 3.45. The number of nitrogens with two attached hydrogens (primary N) is 1. The van der Waals surface area contributed by atoms with Crippen molar-refractivity contribution in [1.29, 1.82) is 0 Å². The Labute approximate surface area is 222 Å². The van der Waals surface area contributed by atoms with E-state index in [0.29, 0.717) is 23.0 Å². The van der Waals surface area contributed by atoms with Crippen molar-refractivity contribution in [2.75, 3.05) is 23.8 Å². The summed E-state index contributed by atoms with van der Waals surface area (Å²) in [4.78, 5) is 48.5. The molecule has 1 unspecified atom stereocenters. The summed E-state index contributed by atoms with van der Waals surface area (Å²) in [6.45, 7) is 7.63. The minimum absolute atomic E-state index is 0.0541. The molecule has 2 aliphatic heterocycles. The Hall–Kier alpha value is -3.70. The molecular weight excluding hydrogens is 542 g/mol. The highest BCUT2D eigenvalue weighted by Gasteiger charge is 2.54. The minimum Gasteiger partial charge on any atom is -0.477 e. The van der Waals surface area contributed by atoms with Gasteiger partial charge in [-0.1, -0.05) is 35.6 Å². The first-order chi connectivity index (χ1) is 17.8. The van der Waals surface area contributed by atoms with E-state index in [1.807, 2.05) is 0 Å². The van der Waals surface area contributed by atoms with E-state index in [2.05, 4.69) is 44.1 Å². The molecule has 194 valence electrons. The number of carbonyl (C=O) groups is 3. The maximum atomic E-state index is 13.0. The lowest BCUT2D eigenvalue weighted by Crippen LogP contribution is -2.71. The second-order valence-electron chi connectivity index (χ2n) is 7.43. The molecule has 0 radical (unpaired) electrons. The summed E-state index contributed by atoms with van der Waals surface area (Å²) in [5.41, 5.74) is 6.14. The number of nitrogens with zero attached hydrogens (tertiary/aromatic N) is 7. The normalized spacial score (nSPS) is 19.2. The molecule has 0 bridgehead atoms. The molecule has 4 heterocycles. The number of thioether (sulfide) groups is 2. The van der Waals surface area contributed by atoms with Crippen molar-refractivity contribution in [2.45, 2.75) is 23.1 Å². The highest BCUT2D eigenvalue weighted by Crippen LogP contribution is 2.41. The Balaban J connectivity index is 1.49. The molecular formula is C20H21N9O5S3. The molecule has 1 fully saturated rings. The maximum Gasteiger partial charge on any atom is 0.352 e. The van der Waals surface area contributed by atoms with Crippen LogP contribution in [0.4, 0.5) is 5.13 Å². The van der Waals surface area contributed by atoms with Gasteiger partial charge in [-0.3, -0.25) is 14.5 Å². The number of hydrogen-bond acceptors (Lipinski definition) is 13. The Morgan fingerprint density at radius 1 is 1.41 bits per heavy atom. The lowest BCUT2D eigenvalue weighted by atomic mass is 10.0. The van der Waals surface area contributed by atoms with Gasteiger partial charge in [-0.25, -0.2) is 14.5 Å². The van der Waals surface area contributed by atoms with Gasteiger partial charge in [0, 0.05) is 16.9 Å². The number of aliphatic carboxylic acids is 1. The van der Waals surface area contributed by atoms with Crippen molar-refractivity contribution in [3.63, 3.8) is 0 Å². The average molecular weight is 564 g/mol. The van der Waals surface area contributed by atoms with Crippen molar-refractivity contribution in [2.24, 2.45) is 5.16 Å². The van der Waals surface area contributed by atoms with Crippen LogP contribution in [-0.2, 0) is 25.8 Å². The topological polar surface area (TPSA) is 191 Å². The van der Waals surface area contributed by atoms with Crippen LogP contribution in [0.15, 0.2) is 52.3 Å². The summed E-state index contributed by atoms with van der Waals surface area (Å²) >= 11 is 3.72. The third-order valence-electron chi connectivity index (χ3n) is 5.04. The van der Waals surface area contributed by atoms with Gasteiger partial charge in [-0.15, -0.1) is 34.8 Å². The second-order valence-corrected chi connectivity index (χ2v) is 10.4. The number of rotatable bonds is 12. The number of carboxylic acid groups (broad SMARTS) is 1. The number of amides is 2. The molecule has 2 amide bonds. The van der Waals surface area contributed by atoms with Crippen LogP contribution < -0.4 is 11.1 Å². The van der Waals surface area contributed by atoms with E-state index in [0.717, 1.165) is 11.3 Å². The molecule has 2 aliphatic rings. The number of hydrogen-bond donors (Lipinski definition) is 3. The predicted octanol–water partition coefficient (Wildman–Crippen LogP) is 0.335. The predicted molar refractivity (Wildman–Crippen MR) is 138 cm³/mol. The molecule has 2 aromatic rings. The maximum absolute atomic E-state index is 13.0. The van der Waals surface area contributed by atoms with Gasteiger partial charge in [0.1, 0.15) is 29.4 Å². The molecule has 0 aliphatic carbocycles. The highest BCUT2D eigenvalue weighted by atomic mass is 32.2. The largest absolute Gasteiger partial charge is 0.477 e. The first-order valence-corrected chi connectivity index (χ1v) is 13.5. The van der Waals surface area contributed by atoms with E-state index in [-0.39, 0.29) is 34.6 Å². The van der Waals surface area contributed by atoms with Crippen molar-refractivity contribution in [3.05, 3.63) is 47.7 Å². The number of tetrazole rings is 1. The molecule has 0 spiro atoms. The SMILES string of the molecule is C=CCON=C(C(=O)NC1C(=O)N2C(C(=O)O)=C(CSc3nnnn3CC=C)CS[C@@H]12)c1csc(N)n1. The molecule has 4 rings (SSSR count). The van der Waals surface area contributed by atoms with Crippen molar-refractivity contribution in [3.8, 4) is 0 Å². The zero-order valence-electron chi connectivity index (χ0n) is 19.1. The Morgan fingerprint density at radius 2 is 2.22 bits per heavy atom. The van der Waals surface area contributed by atoms with Crippen molar-refractivity contribution < 1.29 is 24.3 Å². The lowest BCUT2D eigenvalue weighted by molar-refractivity contribution is -0.150. The van der Waals surface area contributed by atoms with E-state index in [9.17, 15) is 19.5 Å². The van der Waals surface area contributed by atoms with Gasteiger partial charge in [-0.05, 0) is 16.0 Å². The molecule has 4 N–H and O–H groups in total. The van der Waals surface area contributed by atoms with E-state index in [1.54, 1.807) is 6.08 Å². The number of aromatic nitrogens is 5. The van der Waals surface area contributed by atoms with E-state index in [4.69, 9.17) is 10.6 Å². The summed E-state index contributed by atoms with van der Waals surface area (Å²) in [6.07, 6.45) is 3.09. The third-order valence-corrected chi connectivity index (χ3v) is 8.10. The van der Waals surface area contributed by atoms with Crippen LogP contribution in [0.1, 0.15) is 5.69 Å². The van der Waals surface area contributed by atoms with Gasteiger partial charge in [0.15, 0.2) is 10.8 Å². The molecule has 0 saturated carbocycles. The van der Waals surface area contributed by atoms with Crippen LogP contribution in [0, 0.1) is 0 Å². The number of β-lactam (4-membered cyclic amide) rings is 1. The molecule has 37 heavy (non-hydrogen) atoms. The van der Waals surface area contributed by atoms with Crippen LogP contribution in [0.5, 0.6) is 0 Å². The lowest BCUT2D eigenvalue weighted by Gasteiger charge is -2.49. The number of carboxylic acids is 1. The highest BCUT2D eigenvalue weighted by molar-refractivity contribution is 8.01. The first kappa shape index (κ1) is 26.4. The molecule has 0 aromatic carbocycles. The monoisotopic (exact) mass is 563 g/mol. The standard InChI is InChI=1S/C20H21N9O5S3/c1-3-5-28-20(24-26-27-28)37-8-10-7-35-17-13(16(31)29(17)14(10)18(32)33)23-15(30)12(25-34-6-4-2)11-9-36-19(21)22-11/h3-4,9,13,17H,1-2,5-8H2,(H2,21,22)(H,23,30)(H,32,33)/t13?,17-/m0/s1. The number of allylic oxidation sites excluding steroid dienone is 1. The van der Waals surface area contributed by atoms with E-state index < -0.39 is 29.2 Å². The van der Waals surface area contributed by atoms with Gasteiger partial charge in [-0.2, -0.15) is 0 Å². The number of thiazole rings is 1. The number of nitrogens with one attached hydrogen (secondary N) is 1. The second kappa shape index (κ2) is 11.6. The van der Waals surface area contributed by atoms with Crippen LogP contribution in [0.25, 0.3) is 0 Å². The molecule has 17 heteroatoms. The van der Waals surface area contributed by atoms with Gasteiger partial charge in [0.25, 0.3) is 11.8 Å². The van der Waals surface area contributed by atoms with Gasteiger partial charge >= 0.3 is 5.97 Å². The Kier molecular flexibility index (Phi) is 8.24. The summed E-state index contributed by atoms with van der Waals surface area (Å²) in [6, 6.07) is -0.957. The Morgan fingerprint density at radius 3 is 2.89 bits per heavy atom. The molecule has 14 nitrogen and oxygen atoms in total. The van der Waals surface area contributed by atoms with Crippen molar-refractivity contribution in [1.82, 2.24) is 35.4 Å². The number of nitrogen functional groups attached to an aromatic ring is 1. The number of oxime groups is 1.